The van der Waals surface area contributed by atoms with Crippen molar-refractivity contribution < 1.29 is 9.21 Å². The number of carbonyl (C=O) groups excluding carboxylic acids is 1. The summed E-state index contributed by atoms with van der Waals surface area (Å²) in [6.45, 7) is 3.94. The topological polar surface area (TPSA) is 49.1 Å². The molecule has 0 bridgehead atoms. The summed E-state index contributed by atoms with van der Waals surface area (Å²) in [5.41, 5.74) is 0.940. The highest BCUT2D eigenvalue weighted by molar-refractivity contribution is 9.11. The number of amides is 1. The average molecular weight is 478 g/mol. The summed E-state index contributed by atoms with van der Waals surface area (Å²) in [5, 5.41) is 8.33. The predicted molar refractivity (Wildman–Crippen MR) is 117 cm³/mol. The lowest BCUT2D eigenvalue weighted by atomic mass is 10.1. The molecule has 146 valence electrons. The van der Waals surface area contributed by atoms with Gasteiger partial charge in [-0.1, -0.05) is 13.0 Å². The molecule has 0 N–H and O–H groups in total. The molecule has 1 atom stereocenters. The molecule has 1 aliphatic rings. The van der Waals surface area contributed by atoms with Crippen molar-refractivity contribution in [1.82, 2.24) is 9.91 Å². The summed E-state index contributed by atoms with van der Waals surface area (Å²) in [5.74, 6) is 0.763. The van der Waals surface area contributed by atoms with E-state index in [4.69, 9.17) is 4.42 Å². The first-order chi connectivity index (χ1) is 13.6. The molecule has 3 aromatic heterocycles. The highest BCUT2D eigenvalue weighted by Gasteiger charge is 2.35. The maximum atomic E-state index is 13.2. The molecule has 1 unspecified atom stereocenters. The van der Waals surface area contributed by atoms with Crippen LogP contribution in [0.1, 0.15) is 34.9 Å². The summed E-state index contributed by atoms with van der Waals surface area (Å²) in [6, 6.07) is 11.8. The van der Waals surface area contributed by atoms with Gasteiger partial charge in [0.25, 0.3) is 5.91 Å². The second kappa shape index (κ2) is 8.73. The van der Waals surface area contributed by atoms with E-state index in [1.807, 2.05) is 35.7 Å². The van der Waals surface area contributed by atoms with Crippen molar-refractivity contribution in [2.75, 3.05) is 13.1 Å². The van der Waals surface area contributed by atoms with Gasteiger partial charge in [0.15, 0.2) is 0 Å². The van der Waals surface area contributed by atoms with E-state index >= 15 is 0 Å². The van der Waals surface area contributed by atoms with Crippen molar-refractivity contribution in [2.24, 2.45) is 5.10 Å². The van der Waals surface area contributed by atoms with E-state index in [1.165, 1.54) is 4.88 Å². The number of carbonyl (C=O) groups is 1. The molecule has 0 aromatic carbocycles. The maximum Gasteiger partial charge on any atom is 0.257 e. The Balaban J connectivity index is 1.52. The fraction of sp³-hybridized carbons (Fsp3) is 0.300. The second-order valence-electron chi connectivity index (χ2n) is 6.51. The number of furan rings is 1. The van der Waals surface area contributed by atoms with Gasteiger partial charge in [-0.15, -0.1) is 22.7 Å². The summed E-state index contributed by atoms with van der Waals surface area (Å²) in [6.07, 6.45) is 2.32. The Bertz CT molecular complexity index is 950. The summed E-state index contributed by atoms with van der Waals surface area (Å²) in [4.78, 5) is 17.6. The summed E-state index contributed by atoms with van der Waals surface area (Å²) in [7, 11) is 0. The number of thiophene rings is 2. The van der Waals surface area contributed by atoms with Gasteiger partial charge >= 0.3 is 0 Å². The van der Waals surface area contributed by atoms with Crippen LogP contribution in [-0.2, 0) is 11.3 Å². The molecule has 1 amide bonds. The van der Waals surface area contributed by atoms with Crippen molar-refractivity contribution in [2.45, 2.75) is 25.9 Å². The standard InChI is InChI=1S/C20H20BrN3O2S2/c1-2-23(12-14-7-8-19(21)28-14)13-20(25)24-16(17-5-3-9-26-17)11-15(22-24)18-6-4-10-27-18/h3-10,16H,2,11-13H2,1H3. The predicted octanol–water partition coefficient (Wildman–Crippen LogP) is 5.36. The lowest BCUT2D eigenvalue weighted by Crippen LogP contribution is -2.37. The molecule has 4 rings (SSSR count). The van der Waals surface area contributed by atoms with Crippen molar-refractivity contribution in [3.8, 4) is 0 Å². The van der Waals surface area contributed by atoms with Crippen molar-refractivity contribution in [3.05, 3.63) is 67.3 Å². The van der Waals surface area contributed by atoms with Gasteiger partial charge in [-0.3, -0.25) is 9.69 Å². The zero-order valence-corrected chi connectivity index (χ0v) is 18.6. The lowest BCUT2D eigenvalue weighted by molar-refractivity contribution is -0.134. The van der Waals surface area contributed by atoms with Gasteiger partial charge in [-0.05, 0) is 58.2 Å². The fourth-order valence-electron chi connectivity index (χ4n) is 3.23. The van der Waals surface area contributed by atoms with Crippen LogP contribution in [0.5, 0.6) is 0 Å². The molecule has 28 heavy (non-hydrogen) atoms. The molecule has 0 radical (unpaired) electrons. The number of halogens is 1. The van der Waals surface area contributed by atoms with Crippen LogP contribution in [0.15, 0.2) is 61.3 Å². The third-order valence-corrected chi connectivity index (χ3v) is 7.18. The smallest absolute Gasteiger partial charge is 0.257 e. The van der Waals surface area contributed by atoms with Gasteiger partial charge in [0, 0.05) is 17.8 Å². The van der Waals surface area contributed by atoms with Crippen LogP contribution >= 0.6 is 38.6 Å². The Labute approximate surface area is 180 Å². The zero-order valence-electron chi connectivity index (χ0n) is 15.4. The first-order valence-corrected chi connectivity index (χ1v) is 11.6. The lowest BCUT2D eigenvalue weighted by Gasteiger charge is -2.24. The Morgan fingerprint density at radius 2 is 2.25 bits per heavy atom. The van der Waals surface area contributed by atoms with E-state index < -0.39 is 0 Å². The maximum absolute atomic E-state index is 13.2. The Hall–Kier alpha value is -1.74. The first kappa shape index (κ1) is 19.6. The summed E-state index contributed by atoms with van der Waals surface area (Å²) < 4.78 is 6.72. The SMILES string of the molecule is CCN(CC(=O)N1N=C(c2cccs2)CC1c1ccco1)Cc1ccc(Br)s1. The molecule has 0 saturated heterocycles. The van der Waals surface area contributed by atoms with Crippen LogP contribution in [0, 0.1) is 0 Å². The minimum absolute atomic E-state index is 0.00886. The minimum atomic E-state index is -0.186. The number of hydrogen-bond donors (Lipinski definition) is 0. The van der Waals surface area contributed by atoms with E-state index in [0.717, 1.165) is 33.2 Å². The number of likely N-dealkylation sites (N-methyl/N-ethyl adjacent to an activating group) is 1. The average Bonchev–Trinajstić information content (AvgIpc) is 3.46. The quantitative estimate of drug-likeness (QED) is 0.459. The molecule has 0 fully saturated rings. The number of rotatable bonds is 7. The van der Waals surface area contributed by atoms with Crippen LogP contribution in [0.25, 0.3) is 0 Å². The molecule has 0 spiro atoms. The highest BCUT2D eigenvalue weighted by Crippen LogP contribution is 2.34. The van der Waals surface area contributed by atoms with Gasteiger partial charge in [0.05, 0.1) is 27.2 Å². The molecule has 5 nitrogen and oxygen atoms in total. The van der Waals surface area contributed by atoms with Crippen molar-refractivity contribution in [3.63, 3.8) is 0 Å². The molecular weight excluding hydrogens is 458 g/mol. The van der Waals surface area contributed by atoms with Gasteiger partial charge in [0.2, 0.25) is 0 Å². The van der Waals surface area contributed by atoms with E-state index in [9.17, 15) is 4.79 Å². The van der Waals surface area contributed by atoms with E-state index in [-0.39, 0.29) is 11.9 Å². The monoisotopic (exact) mass is 477 g/mol. The molecule has 8 heteroatoms. The van der Waals surface area contributed by atoms with E-state index in [1.54, 1.807) is 33.9 Å². The molecule has 0 saturated carbocycles. The van der Waals surface area contributed by atoms with Crippen LogP contribution in [0.3, 0.4) is 0 Å². The van der Waals surface area contributed by atoms with E-state index in [2.05, 4.69) is 38.9 Å². The normalized spacial score (nSPS) is 16.8. The van der Waals surface area contributed by atoms with Crippen LogP contribution < -0.4 is 0 Å². The third kappa shape index (κ3) is 4.30. The van der Waals surface area contributed by atoms with Crippen molar-refractivity contribution >= 4 is 50.2 Å². The van der Waals surface area contributed by atoms with Gasteiger partial charge < -0.3 is 4.42 Å². The molecular formula is C20H20BrN3O2S2. The largest absolute Gasteiger partial charge is 0.467 e. The van der Waals surface area contributed by atoms with Crippen LogP contribution in [0.2, 0.25) is 0 Å². The third-order valence-electron chi connectivity index (χ3n) is 4.66. The molecule has 4 heterocycles. The number of hydrogen-bond acceptors (Lipinski definition) is 6. The summed E-state index contributed by atoms with van der Waals surface area (Å²) >= 11 is 6.84. The number of nitrogens with zero attached hydrogens (tertiary/aromatic N) is 3. The molecule has 1 aliphatic heterocycles. The Morgan fingerprint density at radius 1 is 1.36 bits per heavy atom. The Morgan fingerprint density at radius 3 is 2.89 bits per heavy atom. The minimum Gasteiger partial charge on any atom is -0.467 e. The molecule has 3 aromatic rings. The van der Waals surface area contributed by atoms with Gasteiger partial charge in [0.1, 0.15) is 11.8 Å². The Kier molecular flexibility index (Phi) is 6.10. The fourth-order valence-corrected chi connectivity index (χ4v) is 5.48. The zero-order chi connectivity index (χ0) is 19.5. The van der Waals surface area contributed by atoms with E-state index in [0.29, 0.717) is 13.0 Å². The van der Waals surface area contributed by atoms with Crippen LogP contribution in [0.4, 0.5) is 0 Å². The molecule has 0 aliphatic carbocycles. The first-order valence-electron chi connectivity index (χ1n) is 9.07. The van der Waals surface area contributed by atoms with Crippen LogP contribution in [-0.4, -0.2) is 34.6 Å². The van der Waals surface area contributed by atoms with Gasteiger partial charge in [-0.2, -0.15) is 5.10 Å². The second-order valence-corrected chi connectivity index (χ2v) is 10.0. The van der Waals surface area contributed by atoms with Gasteiger partial charge in [-0.25, -0.2) is 5.01 Å². The van der Waals surface area contributed by atoms with Crippen molar-refractivity contribution in [1.29, 1.82) is 0 Å². The number of hydrazone groups is 1. The highest BCUT2D eigenvalue weighted by atomic mass is 79.9.